The highest BCUT2D eigenvalue weighted by molar-refractivity contribution is 7.10. The molecular weight excluding hydrogens is 446 g/mol. The molecule has 1 fully saturated rings. The Morgan fingerprint density at radius 3 is 2.56 bits per heavy atom. The van der Waals surface area contributed by atoms with E-state index in [1.165, 1.54) is 17.8 Å². The molecule has 34 heavy (non-hydrogen) atoms. The second-order valence-corrected chi connectivity index (χ2v) is 9.51. The minimum absolute atomic E-state index is 0.134. The van der Waals surface area contributed by atoms with Crippen LogP contribution >= 0.6 is 11.3 Å². The minimum Gasteiger partial charge on any atom is -0.494 e. The summed E-state index contributed by atoms with van der Waals surface area (Å²) < 4.78 is 5.59. The SMILES string of the molecule is CCOc1ccc(N(C(=O)Cc2cccs2)[C@@H](C(=O)NC2CCCCC2)c2cccnc2)cc1. The summed E-state index contributed by atoms with van der Waals surface area (Å²) in [5, 5.41) is 5.19. The predicted molar refractivity (Wildman–Crippen MR) is 135 cm³/mol. The number of carbonyl (C=O) groups excluding carboxylic acids is 2. The van der Waals surface area contributed by atoms with E-state index in [2.05, 4.69) is 10.3 Å². The third-order valence-electron chi connectivity index (χ3n) is 6.06. The van der Waals surface area contributed by atoms with Crippen molar-refractivity contribution in [1.29, 1.82) is 0 Å². The maximum atomic E-state index is 13.7. The number of nitrogens with zero attached hydrogens (tertiary/aromatic N) is 2. The summed E-state index contributed by atoms with van der Waals surface area (Å²) in [7, 11) is 0. The topological polar surface area (TPSA) is 71.5 Å². The fraction of sp³-hybridized carbons (Fsp3) is 0.370. The molecule has 1 aromatic carbocycles. The Kier molecular flexibility index (Phi) is 8.31. The van der Waals surface area contributed by atoms with Crippen LogP contribution in [0.25, 0.3) is 0 Å². The highest BCUT2D eigenvalue weighted by Crippen LogP contribution is 2.31. The monoisotopic (exact) mass is 477 g/mol. The van der Waals surface area contributed by atoms with Gasteiger partial charge in [0.1, 0.15) is 11.8 Å². The van der Waals surface area contributed by atoms with E-state index < -0.39 is 6.04 Å². The second kappa shape index (κ2) is 11.8. The Bertz CT molecular complexity index is 1050. The molecule has 178 valence electrons. The quantitative estimate of drug-likeness (QED) is 0.454. The first-order chi connectivity index (χ1) is 16.7. The number of hydrogen-bond acceptors (Lipinski definition) is 5. The van der Waals surface area contributed by atoms with Gasteiger partial charge in [-0.2, -0.15) is 0 Å². The van der Waals surface area contributed by atoms with Gasteiger partial charge >= 0.3 is 0 Å². The van der Waals surface area contributed by atoms with Crippen molar-refractivity contribution in [2.75, 3.05) is 11.5 Å². The number of amides is 2. The minimum atomic E-state index is -0.818. The van der Waals surface area contributed by atoms with Crippen LogP contribution in [-0.2, 0) is 16.0 Å². The normalized spacial score (nSPS) is 14.9. The zero-order valence-electron chi connectivity index (χ0n) is 19.5. The summed E-state index contributed by atoms with van der Waals surface area (Å²) in [5.74, 6) is 0.411. The molecule has 1 saturated carbocycles. The number of rotatable bonds is 9. The van der Waals surface area contributed by atoms with Gasteiger partial charge in [0, 0.05) is 34.6 Å². The number of hydrogen-bond donors (Lipinski definition) is 1. The first-order valence-corrected chi connectivity index (χ1v) is 12.8. The lowest BCUT2D eigenvalue weighted by Crippen LogP contribution is -2.47. The Labute approximate surface area is 205 Å². The maximum absolute atomic E-state index is 13.7. The summed E-state index contributed by atoms with van der Waals surface area (Å²) in [6, 6.07) is 14.2. The number of ether oxygens (including phenoxy) is 1. The summed E-state index contributed by atoms with van der Waals surface area (Å²) in [6.07, 6.45) is 8.94. The lowest BCUT2D eigenvalue weighted by atomic mass is 9.94. The van der Waals surface area contributed by atoms with E-state index in [9.17, 15) is 9.59 Å². The summed E-state index contributed by atoms with van der Waals surface area (Å²) >= 11 is 1.54. The van der Waals surface area contributed by atoms with Crippen LogP contribution in [-0.4, -0.2) is 29.4 Å². The van der Waals surface area contributed by atoms with Crippen molar-refractivity contribution in [3.8, 4) is 5.75 Å². The lowest BCUT2D eigenvalue weighted by molar-refractivity contribution is -0.127. The van der Waals surface area contributed by atoms with E-state index in [1.807, 2.05) is 54.8 Å². The first kappa shape index (κ1) is 24.0. The van der Waals surface area contributed by atoms with E-state index in [1.54, 1.807) is 23.4 Å². The van der Waals surface area contributed by atoms with Crippen LogP contribution in [0.2, 0.25) is 0 Å². The van der Waals surface area contributed by atoms with Crippen LogP contribution in [0, 0.1) is 0 Å². The summed E-state index contributed by atoms with van der Waals surface area (Å²) in [6.45, 7) is 2.49. The van der Waals surface area contributed by atoms with E-state index in [0.717, 1.165) is 36.3 Å². The Hall–Kier alpha value is -3.19. The number of nitrogens with one attached hydrogen (secondary N) is 1. The molecule has 1 N–H and O–H groups in total. The molecule has 1 atom stereocenters. The average Bonchev–Trinajstić information content (AvgIpc) is 3.37. The van der Waals surface area contributed by atoms with Crippen LogP contribution in [0.4, 0.5) is 5.69 Å². The summed E-state index contributed by atoms with van der Waals surface area (Å²) in [4.78, 5) is 34.3. The molecule has 1 aliphatic rings. The van der Waals surface area contributed by atoms with Crippen molar-refractivity contribution in [2.45, 2.75) is 57.5 Å². The third kappa shape index (κ3) is 6.03. The van der Waals surface area contributed by atoms with Crippen molar-refractivity contribution in [3.05, 3.63) is 76.7 Å². The smallest absolute Gasteiger partial charge is 0.248 e. The lowest BCUT2D eigenvalue weighted by Gasteiger charge is -2.33. The van der Waals surface area contributed by atoms with Gasteiger partial charge in [0.15, 0.2) is 0 Å². The van der Waals surface area contributed by atoms with Crippen LogP contribution in [0.3, 0.4) is 0 Å². The van der Waals surface area contributed by atoms with Crippen LogP contribution in [0.1, 0.15) is 55.5 Å². The van der Waals surface area contributed by atoms with E-state index in [4.69, 9.17) is 4.74 Å². The van der Waals surface area contributed by atoms with Crippen LogP contribution in [0.15, 0.2) is 66.3 Å². The largest absolute Gasteiger partial charge is 0.494 e. The fourth-order valence-electron chi connectivity index (χ4n) is 4.44. The number of carbonyl (C=O) groups is 2. The second-order valence-electron chi connectivity index (χ2n) is 8.48. The molecular formula is C27H31N3O3S. The van der Waals surface area contributed by atoms with Crippen LogP contribution < -0.4 is 15.0 Å². The van der Waals surface area contributed by atoms with Crippen molar-refractivity contribution < 1.29 is 14.3 Å². The highest BCUT2D eigenvalue weighted by Gasteiger charge is 2.34. The van der Waals surface area contributed by atoms with Crippen molar-refractivity contribution in [3.63, 3.8) is 0 Å². The van der Waals surface area contributed by atoms with Gasteiger partial charge in [-0.25, -0.2) is 0 Å². The third-order valence-corrected chi connectivity index (χ3v) is 6.93. The van der Waals surface area contributed by atoms with Gasteiger partial charge < -0.3 is 10.1 Å². The Morgan fingerprint density at radius 2 is 1.91 bits per heavy atom. The molecule has 6 nitrogen and oxygen atoms in total. The molecule has 4 rings (SSSR count). The van der Waals surface area contributed by atoms with Gasteiger partial charge in [0.2, 0.25) is 11.8 Å². The highest BCUT2D eigenvalue weighted by atomic mass is 32.1. The molecule has 0 saturated heterocycles. The standard InChI is InChI=1S/C27H31N3O3S/c1-2-33-23-14-12-22(13-15-23)30(25(31)18-24-11-7-17-34-24)26(20-8-6-16-28-19-20)27(32)29-21-9-4-3-5-10-21/h6-8,11-17,19,21,26H,2-5,9-10,18H2,1H3,(H,29,32)/t26-/m1/s1. The molecule has 0 spiro atoms. The molecule has 0 bridgehead atoms. The fourth-order valence-corrected chi connectivity index (χ4v) is 5.13. The molecule has 0 unspecified atom stereocenters. The first-order valence-electron chi connectivity index (χ1n) is 11.9. The molecule has 1 aliphatic carbocycles. The summed E-state index contributed by atoms with van der Waals surface area (Å²) in [5.41, 5.74) is 1.34. The molecule has 7 heteroatoms. The Morgan fingerprint density at radius 1 is 1.12 bits per heavy atom. The van der Waals surface area contributed by atoms with Crippen molar-refractivity contribution >= 4 is 28.8 Å². The molecule has 2 amide bonds. The number of pyridine rings is 1. The van der Waals surface area contributed by atoms with Gasteiger partial charge in [-0.05, 0) is 61.5 Å². The van der Waals surface area contributed by atoms with Gasteiger partial charge in [-0.15, -0.1) is 11.3 Å². The molecule has 2 aromatic heterocycles. The molecule has 3 aromatic rings. The van der Waals surface area contributed by atoms with Crippen molar-refractivity contribution in [1.82, 2.24) is 10.3 Å². The predicted octanol–water partition coefficient (Wildman–Crippen LogP) is 5.31. The number of benzene rings is 1. The number of anilines is 1. The van der Waals surface area contributed by atoms with Gasteiger partial charge in [0.05, 0.1) is 13.0 Å². The Balaban J connectivity index is 1.71. The molecule has 2 heterocycles. The number of aromatic nitrogens is 1. The molecule has 0 aliphatic heterocycles. The van der Waals surface area contributed by atoms with Gasteiger partial charge in [0.25, 0.3) is 0 Å². The van der Waals surface area contributed by atoms with Crippen LogP contribution in [0.5, 0.6) is 5.75 Å². The number of thiophene rings is 1. The van der Waals surface area contributed by atoms with E-state index >= 15 is 0 Å². The van der Waals surface area contributed by atoms with Gasteiger partial charge in [-0.3, -0.25) is 19.5 Å². The molecule has 0 radical (unpaired) electrons. The van der Waals surface area contributed by atoms with E-state index in [0.29, 0.717) is 17.9 Å². The van der Waals surface area contributed by atoms with Gasteiger partial charge in [-0.1, -0.05) is 31.4 Å². The zero-order valence-corrected chi connectivity index (χ0v) is 20.3. The maximum Gasteiger partial charge on any atom is 0.248 e. The average molecular weight is 478 g/mol. The zero-order chi connectivity index (χ0) is 23.8. The van der Waals surface area contributed by atoms with E-state index in [-0.39, 0.29) is 24.3 Å². The van der Waals surface area contributed by atoms with Crippen molar-refractivity contribution in [2.24, 2.45) is 0 Å².